The van der Waals surface area contributed by atoms with E-state index in [4.69, 9.17) is 4.74 Å². The van der Waals surface area contributed by atoms with Crippen LogP contribution in [0.2, 0.25) is 0 Å². The van der Waals surface area contributed by atoms with E-state index in [0.29, 0.717) is 0 Å². The van der Waals surface area contributed by atoms with Crippen LogP contribution in [0.15, 0.2) is 6.33 Å². The molecule has 100 valence electrons. The summed E-state index contributed by atoms with van der Waals surface area (Å²) in [6, 6.07) is 0. The lowest BCUT2D eigenvalue weighted by Crippen LogP contribution is -2.20. The summed E-state index contributed by atoms with van der Waals surface area (Å²) in [5, 5.41) is 9.98. The third-order valence-electron chi connectivity index (χ3n) is 2.41. The molecule has 0 fully saturated rings. The number of nitrogens with one attached hydrogen (secondary N) is 2. The number of aromatic amines is 1. The number of ether oxygens (including phenoxy) is 1. The first-order valence-corrected chi connectivity index (χ1v) is 6.46. The molecule has 0 unspecified atom stereocenters. The predicted octanol–water partition coefficient (Wildman–Crippen LogP) is 1.15. The van der Waals surface area contributed by atoms with Crippen molar-refractivity contribution in [2.45, 2.75) is 32.6 Å². The molecule has 18 heavy (non-hydrogen) atoms. The molecule has 0 bridgehead atoms. The van der Waals surface area contributed by atoms with Gasteiger partial charge in [0.05, 0.1) is 0 Å². The summed E-state index contributed by atoms with van der Waals surface area (Å²) in [7, 11) is 0. The molecule has 0 atom stereocenters. The molecule has 0 radical (unpaired) electrons. The molecule has 1 heterocycles. The lowest BCUT2D eigenvalue weighted by molar-refractivity contribution is 0.130. The number of hydrogen-bond donors (Lipinski definition) is 2. The molecule has 1 rings (SSSR count). The van der Waals surface area contributed by atoms with E-state index < -0.39 is 0 Å². The Labute approximate surface area is 109 Å². The zero-order chi connectivity index (χ0) is 12.9. The van der Waals surface area contributed by atoms with Gasteiger partial charge in [0, 0.05) is 32.6 Å². The van der Waals surface area contributed by atoms with Crippen molar-refractivity contribution in [3.63, 3.8) is 0 Å². The molecule has 0 saturated carbocycles. The van der Waals surface area contributed by atoms with Crippen molar-refractivity contribution in [2.24, 2.45) is 0 Å². The zero-order valence-electron chi connectivity index (χ0n) is 11.0. The van der Waals surface area contributed by atoms with Crippen molar-refractivity contribution in [1.29, 1.82) is 0 Å². The molecule has 1 aromatic heterocycles. The Hall–Kier alpha value is -1.38. The van der Waals surface area contributed by atoms with Crippen molar-refractivity contribution in [2.75, 3.05) is 26.3 Å². The molecule has 5 nitrogen and oxygen atoms in total. The van der Waals surface area contributed by atoms with Gasteiger partial charge >= 0.3 is 0 Å². The Morgan fingerprint density at radius 1 is 1.33 bits per heavy atom. The number of unbranched alkanes of at least 4 members (excludes halogenated alkanes) is 1. The van der Waals surface area contributed by atoms with Crippen molar-refractivity contribution >= 4 is 0 Å². The fourth-order valence-corrected chi connectivity index (χ4v) is 1.47. The second-order valence-corrected chi connectivity index (χ2v) is 3.93. The molecule has 0 aliphatic carbocycles. The van der Waals surface area contributed by atoms with Gasteiger partial charge in [-0.15, -0.1) is 11.8 Å². The van der Waals surface area contributed by atoms with Crippen LogP contribution >= 0.6 is 0 Å². The van der Waals surface area contributed by atoms with E-state index >= 15 is 0 Å². The molecule has 0 amide bonds. The Kier molecular flexibility index (Phi) is 8.77. The maximum Gasteiger partial charge on any atom is 0.137 e. The second-order valence-electron chi connectivity index (χ2n) is 3.93. The molecule has 0 aliphatic heterocycles. The highest BCUT2D eigenvalue weighted by Crippen LogP contribution is 1.90. The first-order chi connectivity index (χ1) is 8.93. The van der Waals surface area contributed by atoms with Crippen LogP contribution in [0.4, 0.5) is 0 Å². The molecule has 0 aromatic carbocycles. The quantitative estimate of drug-likeness (QED) is 0.483. The summed E-state index contributed by atoms with van der Waals surface area (Å²) in [5.41, 5.74) is 0. The van der Waals surface area contributed by atoms with Gasteiger partial charge < -0.3 is 10.1 Å². The highest BCUT2D eigenvalue weighted by atomic mass is 16.5. The lowest BCUT2D eigenvalue weighted by atomic mass is 10.3. The summed E-state index contributed by atoms with van der Waals surface area (Å²) >= 11 is 0. The summed E-state index contributed by atoms with van der Waals surface area (Å²) in [6.07, 6.45) is 5.42. The number of H-pyrrole nitrogens is 1. The van der Waals surface area contributed by atoms with E-state index in [0.717, 1.165) is 57.8 Å². The molecule has 1 aromatic rings. The standard InChI is InChI=1S/C13H22N4O/c1-2-3-4-5-10-18-11-6-8-14-9-7-13-15-12-16-17-13/h12,14H,4-11H2,1H3,(H,15,16,17). The Bertz CT molecular complexity index is 340. The molecule has 2 N–H and O–H groups in total. The maximum atomic E-state index is 5.50. The normalized spacial score (nSPS) is 10.1. The highest BCUT2D eigenvalue weighted by molar-refractivity contribution is 4.94. The van der Waals surface area contributed by atoms with Crippen LogP contribution < -0.4 is 5.32 Å². The Balaban J connectivity index is 1.77. The van der Waals surface area contributed by atoms with E-state index in [1.54, 1.807) is 0 Å². The van der Waals surface area contributed by atoms with Crippen LogP contribution in [-0.4, -0.2) is 41.5 Å². The van der Waals surface area contributed by atoms with Crippen LogP contribution in [-0.2, 0) is 11.2 Å². The van der Waals surface area contributed by atoms with Crippen LogP contribution in [0.1, 0.15) is 32.0 Å². The average Bonchev–Trinajstić information content (AvgIpc) is 2.89. The minimum atomic E-state index is 0.812. The topological polar surface area (TPSA) is 62.8 Å². The molecule has 0 saturated heterocycles. The molecule has 5 heteroatoms. The minimum Gasteiger partial charge on any atom is -0.381 e. The number of rotatable bonds is 10. The molecule has 0 aliphatic rings. The number of nitrogens with zero attached hydrogens (tertiary/aromatic N) is 2. The fraction of sp³-hybridized carbons (Fsp3) is 0.692. The molecule has 0 spiro atoms. The first kappa shape index (κ1) is 14.7. The average molecular weight is 250 g/mol. The van der Waals surface area contributed by atoms with Gasteiger partial charge in [-0.2, -0.15) is 5.10 Å². The fourth-order valence-electron chi connectivity index (χ4n) is 1.47. The van der Waals surface area contributed by atoms with Gasteiger partial charge in [0.1, 0.15) is 12.2 Å². The van der Waals surface area contributed by atoms with Crippen molar-refractivity contribution in [3.8, 4) is 11.8 Å². The second kappa shape index (κ2) is 10.8. The number of hydrogen-bond acceptors (Lipinski definition) is 4. The van der Waals surface area contributed by atoms with E-state index in [9.17, 15) is 0 Å². The summed E-state index contributed by atoms with van der Waals surface area (Å²) < 4.78 is 5.50. The van der Waals surface area contributed by atoms with Crippen molar-refractivity contribution in [3.05, 3.63) is 12.2 Å². The first-order valence-electron chi connectivity index (χ1n) is 6.46. The summed E-state index contributed by atoms with van der Waals surface area (Å²) in [4.78, 5) is 4.06. The van der Waals surface area contributed by atoms with E-state index in [2.05, 4.69) is 32.3 Å². The van der Waals surface area contributed by atoms with Gasteiger partial charge in [0.15, 0.2) is 0 Å². The summed E-state index contributed by atoms with van der Waals surface area (Å²) in [5.74, 6) is 6.83. The van der Waals surface area contributed by atoms with Crippen LogP contribution in [0.25, 0.3) is 0 Å². The van der Waals surface area contributed by atoms with E-state index in [-0.39, 0.29) is 0 Å². The monoisotopic (exact) mass is 250 g/mol. The third kappa shape index (κ3) is 7.82. The Morgan fingerprint density at radius 2 is 2.22 bits per heavy atom. The minimum absolute atomic E-state index is 0.812. The van der Waals surface area contributed by atoms with Gasteiger partial charge in [-0.25, -0.2) is 4.98 Å². The largest absolute Gasteiger partial charge is 0.381 e. The van der Waals surface area contributed by atoms with E-state index in [1.165, 1.54) is 6.33 Å². The lowest BCUT2D eigenvalue weighted by Gasteiger charge is -2.04. The smallest absolute Gasteiger partial charge is 0.137 e. The van der Waals surface area contributed by atoms with Crippen LogP contribution in [0.3, 0.4) is 0 Å². The Morgan fingerprint density at radius 3 is 3.00 bits per heavy atom. The summed E-state index contributed by atoms with van der Waals surface area (Å²) in [6.45, 7) is 5.39. The maximum absolute atomic E-state index is 5.50. The van der Waals surface area contributed by atoms with Gasteiger partial charge in [-0.1, -0.05) is 0 Å². The van der Waals surface area contributed by atoms with Gasteiger partial charge in [-0.05, 0) is 26.3 Å². The third-order valence-corrected chi connectivity index (χ3v) is 2.41. The highest BCUT2D eigenvalue weighted by Gasteiger charge is 1.94. The molecular formula is C13H22N4O. The molecular weight excluding hydrogens is 228 g/mol. The van der Waals surface area contributed by atoms with E-state index in [1.807, 2.05) is 6.92 Å². The van der Waals surface area contributed by atoms with Crippen molar-refractivity contribution in [1.82, 2.24) is 20.5 Å². The van der Waals surface area contributed by atoms with Crippen LogP contribution in [0.5, 0.6) is 0 Å². The van der Waals surface area contributed by atoms with Crippen molar-refractivity contribution < 1.29 is 4.74 Å². The SMILES string of the molecule is CC#CCCCOCCCNCCc1ncn[nH]1. The number of aromatic nitrogens is 3. The van der Waals surface area contributed by atoms with Crippen LogP contribution in [0, 0.1) is 11.8 Å². The van der Waals surface area contributed by atoms with Gasteiger partial charge in [0.25, 0.3) is 0 Å². The van der Waals surface area contributed by atoms with Gasteiger partial charge in [-0.3, -0.25) is 5.10 Å². The van der Waals surface area contributed by atoms with Gasteiger partial charge in [0.2, 0.25) is 0 Å². The zero-order valence-corrected chi connectivity index (χ0v) is 11.0. The predicted molar refractivity (Wildman–Crippen MR) is 71.1 cm³/mol.